The second-order valence-electron chi connectivity index (χ2n) is 7.97. The van der Waals surface area contributed by atoms with Gasteiger partial charge in [0.05, 0.1) is 0 Å². The lowest BCUT2D eigenvalue weighted by Crippen LogP contribution is -2.48. The number of piperidine rings is 1. The lowest BCUT2D eigenvalue weighted by Gasteiger charge is -2.44. The first kappa shape index (κ1) is 15.8. The van der Waals surface area contributed by atoms with Crippen LogP contribution in [0, 0.1) is 11.3 Å². The van der Waals surface area contributed by atoms with Crippen LogP contribution in [-0.4, -0.2) is 48.8 Å². The summed E-state index contributed by atoms with van der Waals surface area (Å²) >= 11 is 0. The number of nitrogens with zero attached hydrogens (tertiary/aromatic N) is 1. The second kappa shape index (κ2) is 7.43. The maximum atomic E-state index is 9.20. The van der Waals surface area contributed by atoms with Crippen LogP contribution in [0.25, 0.3) is 0 Å². The fourth-order valence-electron chi connectivity index (χ4n) is 4.53. The maximum absolute atomic E-state index is 9.20. The molecule has 1 aliphatic heterocycles. The van der Waals surface area contributed by atoms with Gasteiger partial charge in [-0.05, 0) is 62.8 Å². The van der Waals surface area contributed by atoms with E-state index in [9.17, 15) is 5.11 Å². The molecule has 122 valence electrons. The first-order chi connectivity index (χ1) is 10.3. The Morgan fingerprint density at radius 1 is 1.05 bits per heavy atom. The van der Waals surface area contributed by atoms with Gasteiger partial charge in [0.1, 0.15) is 0 Å². The highest BCUT2D eigenvalue weighted by Crippen LogP contribution is 2.38. The highest BCUT2D eigenvalue weighted by molar-refractivity contribution is 4.92. The lowest BCUT2D eigenvalue weighted by atomic mass is 9.73. The molecule has 0 aromatic carbocycles. The van der Waals surface area contributed by atoms with Crippen LogP contribution < -0.4 is 5.32 Å². The van der Waals surface area contributed by atoms with Gasteiger partial charge in [-0.2, -0.15) is 0 Å². The largest absolute Gasteiger partial charge is 0.396 e. The maximum Gasteiger partial charge on any atom is 0.0434 e. The molecule has 1 atom stereocenters. The third kappa shape index (κ3) is 4.67. The van der Waals surface area contributed by atoms with Crippen molar-refractivity contribution in [2.45, 2.75) is 70.3 Å². The van der Waals surface area contributed by atoms with Crippen molar-refractivity contribution in [2.75, 3.05) is 32.8 Å². The van der Waals surface area contributed by atoms with Gasteiger partial charge < -0.3 is 15.3 Å². The molecule has 3 rings (SSSR count). The molecule has 21 heavy (non-hydrogen) atoms. The number of hydrogen-bond acceptors (Lipinski definition) is 3. The van der Waals surface area contributed by atoms with E-state index in [4.69, 9.17) is 0 Å². The third-order valence-corrected chi connectivity index (χ3v) is 5.96. The van der Waals surface area contributed by atoms with Gasteiger partial charge in [-0.25, -0.2) is 0 Å². The van der Waals surface area contributed by atoms with Crippen LogP contribution in [0.15, 0.2) is 0 Å². The summed E-state index contributed by atoms with van der Waals surface area (Å²) in [7, 11) is 0. The molecule has 3 nitrogen and oxygen atoms in total. The average Bonchev–Trinajstić information content (AvgIpc) is 3.31. The Hall–Kier alpha value is -0.120. The lowest BCUT2D eigenvalue weighted by molar-refractivity contribution is 0.0666. The van der Waals surface area contributed by atoms with E-state index in [1.807, 2.05) is 0 Å². The summed E-state index contributed by atoms with van der Waals surface area (Å²) in [6.07, 6.45) is 13.6. The van der Waals surface area contributed by atoms with Gasteiger partial charge in [-0.3, -0.25) is 0 Å². The van der Waals surface area contributed by atoms with E-state index in [1.54, 1.807) is 0 Å². The Bertz CT molecular complexity index is 308. The van der Waals surface area contributed by atoms with E-state index in [2.05, 4.69) is 10.2 Å². The number of likely N-dealkylation sites (tertiary alicyclic amines) is 1. The van der Waals surface area contributed by atoms with E-state index < -0.39 is 0 Å². The molecule has 0 aromatic heterocycles. The zero-order valence-corrected chi connectivity index (χ0v) is 13.7. The quantitative estimate of drug-likeness (QED) is 0.758. The van der Waals surface area contributed by atoms with Gasteiger partial charge >= 0.3 is 0 Å². The molecular weight excluding hydrogens is 260 g/mol. The molecule has 1 saturated heterocycles. The molecule has 3 heteroatoms. The summed E-state index contributed by atoms with van der Waals surface area (Å²) < 4.78 is 0. The van der Waals surface area contributed by atoms with Gasteiger partial charge in [0.25, 0.3) is 0 Å². The Balaban J connectivity index is 1.54. The van der Waals surface area contributed by atoms with Crippen molar-refractivity contribution in [3.05, 3.63) is 0 Å². The van der Waals surface area contributed by atoms with Gasteiger partial charge in [-0.15, -0.1) is 0 Å². The van der Waals surface area contributed by atoms with E-state index in [-0.39, 0.29) is 0 Å². The minimum absolute atomic E-state index is 0.368. The molecule has 0 aromatic rings. The molecule has 0 radical (unpaired) electrons. The first-order valence-electron chi connectivity index (χ1n) is 9.36. The van der Waals surface area contributed by atoms with Crippen molar-refractivity contribution >= 4 is 0 Å². The standard InChI is InChI=1S/C18H34N2O/c21-12-8-16-5-4-11-20(13-16)15-18(9-2-1-3-10-18)14-19-17-6-7-17/h16-17,19,21H,1-15H2. The van der Waals surface area contributed by atoms with E-state index in [1.165, 1.54) is 84.0 Å². The summed E-state index contributed by atoms with van der Waals surface area (Å²) in [4.78, 5) is 2.73. The average molecular weight is 294 g/mol. The topological polar surface area (TPSA) is 35.5 Å². The van der Waals surface area contributed by atoms with Crippen LogP contribution in [0.2, 0.25) is 0 Å². The van der Waals surface area contributed by atoms with Crippen molar-refractivity contribution in [1.82, 2.24) is 10.2 Å². The molecule has 3 fully saturated rings. The van der Waals surface area contributed by atoms with Gasteiger partial charge in [0.15, 0.2) is 0 Å². The third-order valence-electron chi connectivity index (χ3n) is 5.96. The minimum Gasteiger partial charge on any atom is -0.396 e. The molecule has 1 unspecified atom stereocenters. The summed E-state index contributed by atoms with van der Waals surface area (Å²) in [5.74, 6) is 0.737. The number of nitrogens with one attached hydrogen (secondary N) is 1. The number of aliphatic hydroxyl groups is 1. The summed E-state index contributed by atoms with van der Waals surface area (Å²) in [5, 5.41) is 13.0. The summed E-state index contributed by atoms with van der Waals surface area (Å²) in [5.41, 5.74) is 0.544. The van der Waals surface area contributed by atoms with Gasteiger partial charge in [0.2, 0.25) is 0 Å². The molecule has 0 spiro atoms. The van der Waals surface area contributed by atoms with Crippen molar-refractivity contribution < 1.29 is 5.11 Å². The van der Waals surface area contributed by atoms with E-state index >= 15 is 0 Å². The monoisotopic (exact) mass is 294 g/mol. The summed E-state index contributed by atoms with van der Waals surface area (Å²) in [6, 6.07) is 0.840. The van der Waals surface area contributed by atoms with Crippen LogP contribution in [-0.2, 0) is 0 Å². The van der Waals surface area contributed by atoms with Crippen molar-refractivity contribution in [3.63, 3.8) is 0 Å². The number of rotatable bonds is 7. The molecule has 1 heterocycles. The first-order valence-corrected chi connectivity index (χ1v) is 9.36. The van der Waals surface area contributed by atoms with Gasteiger partial charge in [0, 0.05) is 32.3 Å². The predicted molar refractivity (Wildman–Crippen MR) is 87.4 cm³/mol. The Morgan fingerprint density at radius 3 is 2.57 bits per heavy atom. The summed E-state index contributed by atoms with van der Waals surface area (Å²) in [6.45, 7) is 5.43. The number of aliphatic hydroxyl groups excluding tert-OH is 1. The molecule has 0 amide bonds. The Kier molecular flexibility index (Phi) is 5.58. The molecule has 2 aliphatic carbocycles. The Labute approximate surface area is 130 Å². The zero-order valence-electron chi connectivity index (χ0n) is 13.7. The zero-order chi connectivity index (χ0) is 14.5. The smallest absolute Gasteiger partial charge is 0.0434 e. The molecule has 3 aliphatic rings. The van der Waals surface area contributed by atoms with Crippen LogP contribution >= 0.6 is 0 Å². The van der Waals surface area contributed by atoms with Crippen molar-refractivity contribution in [2.24, 2.45) is 11.3 Å². The Morgan fingerprint density at radius 2 is 1.86 bits per heavy atom. The van der Waals surface area contributed by atoms with Crippen molar-refractivity contribution in [1.29, 1.82) is 0 Å². The highest BCUT2D eigenvalue weighted by atomic mass is 16.3. The van der Waals surface area contributed by atoms with Crippen LogP contribution in [0.1, 0.15) is 64.2 Å². The van der Waals surface area contributed by atoms with Crippen molar-refractivity contribution in [3.8, 4) is 0 Å². The van der Waals surface area contributed by atoms with Crippen LogP contribution in [0.4, 0.5) is 0 Å². The normalized spacial score (nSPS) is 30.4. The van der Waals surface area contributed by atoms with Crippen LogP contribution in [0.5, 0.6) is 0 Å². The minimum atomic E-state index is 0.368. The molecule has 2 saturated carbocycles. The molecule has 2 N–H and O–H groups in total. The van der Waals surface area contributed by atoms with E-state index in [0.717, 1.165) is 18.4 Å². The van der Waals surface area contributed by atoms with Crippen LogP contribution in [0.3, 0.4) is 0 Å². The SMILES string of the molecule is OCCC1CCCN(CC2(CNC3CC3)CCCCC2)C1. The molecule has 0 bridgehead atoms. The second-order valence-corrected chi connectivity index (χ2v) is 7.97. The molecular formula is C18H34N2O. The number of hydrogen-bond donors (Lipinski definition) is 2. The predicted octanol–water partition coefficient (Wildman–Crippen LogP) is 2.78. The van der Waals surface area contributed by atoms with E-state index in [0.29, 0.717) is 12.0 Å². The highest BCUT2D eigenvalue weighted by Gasteiger charge is 2.36. The fourth-order valence-corrected chi connectivity index (χ4v) is 4.53. The van der Waals surface area contributed by atoms with Gasteiger partial charge in [-0.1, -0.05) is 19.3 Å². The fraction of sp³-hybridized carbons (Fsp3) is 1.00.